The Balaban J connectivity index is 1.56. The van der Waals surface area contributed by atoms with Crippen molar-refractivity contribution in [2.24, 2.45) is 0 Å². The smallest absolute Gasteiger partial charge is 0.221 e. The summed E-state index contributed by atoms with van der Waals surface area (Å²) in [6.07, 6.45) is 8.78. The van der Waals surface area contributed by atoms with E-state index in [0.29, 0.717) is 18.2 Å². The number of fused-ring (bicyclic) bond motifs is 1. The molecule has 5 aromatic rings. The highest BCUT2D eigenvalue weighted by Crippen LogP contribution is 2.31. The van der Waals surface area contributed by atoms with Crippen molar-refractivity contribution < 1.29 is 4.74 Å². The van der Waals surface area contributed by atoms with Crippen LogP contribution in [0.5, 0.6) is 5.88 Å². The maximum absolute atomic E-state index is 5.43. The molecule has 0 saturated heterocycles. The lowest BCUT2D eigenvalue weighted by Crippen LogP contribution is -2.04. The number of anilines is 1. The van der Waals surface area contributed by atoms with E-state index in [9.17, 15) is 0 Å². The number of rotatable bonds is 6. The highest BCUT2D eigenvalue weighted by molar-refractivity contribution is 5.90. The first-order valence-corrected chi connectivity index (χ1v) is 10.2. The largest absolute Gasteiger partial charge is 0.481 e. The predicted molar refractivity (Wildman–Crippen MR) is 124 cm³/mol. The number of hydrogen-bond acceptors (Lipinski definition) is 7. The molecule has 0 radical (unpaired) electrons. The minimum atomic E-state index is 0.577. The van der Waals surface area contributed by atoms with Gasteiger partial charge in [0.25, 0.3) is 0 Å². The summed E-state index contributed by atoms with van der Waals surface area (Å²) in [5, 5.41) is 4.36. The number of methoxy groups -OCH3 is 1. The van der Waals surface area contributed by atoms with Crippen molar-refractivity contribution in [1.82, 2.24) is 24.9 Å². The van der Waals surface area contributed by atoms with Gasteiger partial charge in [0.15, 0.2) is 5.82 Å². The Morgan fingerprint density at radius 2 is 1.69 bits per heavy atom. The molecule has 0 unspecified atom stereocenters. The van der Waals surface area contributed by atoms with Gasteiger partial charge in [-0.2, -0.15) is 0 Å². The average Bonchev–Trinajstić information content (AvgIpc) is 2.87. The van der Waals surface area contributed by atoms with E-state index in [1.165, 1.54) is 0 Å². The fraction of sp³-hybridized carbons (Fsp3) is 0.0800. The number of nitrogens with one attached hydrogen (secondary N) is 1. The van der Waals surface area contributed by atoms with Crippen LogP contribution in [0.25, 0.3) is 33.4 Å². The Bertz CT molecular complexity index is 1370. The molecule has 0 saturated carbocycles. The molecule has 1 aromatic carbocycles. The summed E-state index contributed by atoms with van der Waals surface area (Å²) in [5.74, 6) is 1.95. The van der Waals surface area contributed by atoms with Crippen molar-refractivity contribution in [2.45, 2.75) is 6.54 Å². The number of aromatic nitrogens is 5. The summed E-state index contributed by atoms with van der Waals surface area (Å²) in [4.78, 5) is 22.2. The lowest BCUT2D eigenvalue weighted by atomic mass is 10.0. The van der Waals surface area contributed by atoms with Crippen LogP contribution in [0.3, 0.4) is 0 Å². The molecule has 5 rings (SSSR count). The van der Waals surface area contributed by atoms with Gasteiger partial charge in [-0.15, -0.1) is 0 Å². The van der Waals surface area contributed by atoms with Crippen LogP contribution >= 0.6 is 0 Å². The number of nitrogens with zero attached hydrogens (tertiary/aromatic N) is 5. The highest BCUT2D eigenvalue weighted by atomic mass is 16.5. The first-order chi connectivity index (χ1) is 15.8. The molecule has 0 aliphatic carbocycles. The minimum absolute atomic E-state index is 0.577. The Labute approximate surface area is 185 Å². The molecular formula is C25H20N6O. The average molecular weight is 420 g/mol. The molecule has 0 aliphatic rings. The lowest BCUT2D eigenvalue weighted by Gasteiger charge is -2.12. The molecule has 156 valence electrons. The van der Waals surface area contributed by atoms with Crippen molar-refractivity contribution in [2.75, 3.05) is 12.4 Å². The monoisotopic (exact) mass is 420 g/mol. The fourth-order valence-electron chi connectivity index (χ4n) is 3.53. The Morgan fingerprint density at radius 1 is 0.844 bits per heavy atom. The Morgan fingerprint density at radius 3 is 2.56 bits per heavy atom. The van der Waals surface area contributed by atoms with Gasteiger partial charge in [0.2, 0.25) is 5.88 Å². The second-order valence-corrected chi connectivity index (χ2v) is 7.14. The number of benzene rings is 1. The summed E-state index contributed by atoms with van der Waals surface area (Å²) in [6.45, 7) is 0.628. The summed E-state index contributed by atoms with van der Waals surface area (Å²) in [5.41, 5.74) is 4.68. The third-order valence-corrected chi connectivity index (χ3v) is 5.10. The molecule has 0 spiro atoms. The van der Waals surface area contributed by atoms with Crippen LogP contribution in [0.15, 0.2) is 85.6 Å². The summed E-state index contributed by atoms with van der Waals surface area (Å²) < 4.78 is 5.43. The van der Waals surface area contributed by atoms with Gasteiger partial charge in [0.1, 0.15) is 5.82 Å². The first kappa shape index (κ1) is 19.6. The number of ether oxygens (including phenoxy) is 1. The van der Waals surface area contributed by atoms with Crippen LogP contribution in [-0.4, -0.2) is 32.0 Å². The van der Waals surface area contributed by atoms with Crippen molar-refractivity contribution in [1.29, 1.82) is 0 Å². The fourth-order valence-corrected chi connectivity index (χ4v) is 3.53. The second kappa shape index (κ2) is 8.77. The molecule has 4 aromatic heterocycles. The highest BCUT2D eigenvalue weighted by Gasteiger charge is 2.12. The van der Waals surface area contributed by atoms with Crippen LogP contribution < -0.4 is 10.1 Å². The topological polar surface area (TPSA) is 85.7 Å². The van der Waals surface area contributed by atoms with E-state index in [1.54, 1.807) is 38.1 Å². The van der Waals surface area contributed by atoms with Crippen LogP contribution in [0, 0.1) is 0 Å². The summed E-state index contributed by atoms with van der Waals surface area (Å²) in [6, 6.07) is 17.8. The molecule has 0 aliphatic heterocycles. The van der Waals surface area contributed by atoms with E-state index < -0.39 is 0 Å². The van der Waals surface area contributed by atoms with Gasteiger partial charge in [-0.3, -0.25) is 9.97 Å². The van der Waals surface area contributed by atoms with Crippen LogP contribution in [0.1, 0.15) is 5.56 Å². The zero-order valence-corrected chi connectivity index (χ0v) is 17.4. The van der Waals surface area contributed by atoms with Crippen molar-refractivity contribution in [3.05, 3.63) is 91.1 Å². The zero-order chi connectivity index (χ0) is 21.8. The van der Waals surface area contributed by atoms with Gasteiger partial charge in [-0.25, -0.2) is 15.0 Å². The molecule has 1 N–H and O–H groups in total. The van der Waals surface area contributed by atoms with E-state index in [-0.39, 0.29) is 0 Å². The van der Waals surface area contributed by atoms with Gasteiger partial charge in [-0.1, -0.05) is 18.2 Å². The number of pyridine rings is 3. The molecule has 0 atom stereocenters. The molecule has 0 amide bonds. The molecular weight excluding hydrogens is 400 g/mol. The second-order valence-electron chi connectivity index (χ2n) is 7.14. The summed E-state index contributed by atoms with van der Waals surface area (Å²) >= 11 is 0. The van der Waals surface area contributed by atoms with Gasteiger partial charge in [0, 0.05) is 47.8 Å². The van der Waals surface area contributed by atoms with E-state index in [0.717, 1.165) is 39.0 Å². The lowest BCUT2D eigenvalue weighted by molar-refractivity contribution is 0.399. The van der Waals surface area contributed by atoms with Crippen LogP contribution in [-0.2, 0) is 6.54 Å². The van der Waals surface area contributed by atoms with Gasteiger partial charge in [0.05, 0.1) is 18.8 Å². The Hall–Kier alpha value is -4.39. The minimum Gasteiger partial charge on any atom is -0.481 e. The van der Waals surface area contributed by atoms with E-state index in [4.69, 9.17) is 14.7 Å². The third kappa shape index (κ3) is 3.96. The third-order valence-electron chi connectivity index (χ3n) is 5.10. The molecule has 0 bridgehead atoms. The predicted octanol–water partition coefficient (Wildman–Crippen LogP) is 4.77. The van der Waals surface area contributed by atoms with Gasteiger partial charge < -0.3 is 10.1 Å². The van der Waals surface area contributed by atoms with Gasteiger partial charge >= 0.3 is 0 Å². The zero-order valence-electron chi connectivity index (χ0n) is 17.4. The quantitative estimate of drug-likeness (QED) is 0.423. The van der Waals surface area contributed by atoms with Crippen molar-refractivity contribution >= 4 is 16.7 Å². The summed E-state index contributed by atoms with van der Waals surface area (Å²) in [7, 11) is 1.62. The van der Waals surface area contributed by atoms with Gasteiger partial charge in [-0.05, 0) is 47.5 Å². The van der Waals surface area contributed by atoms with E-state index >= 15 is 0 Å². The SMILES string of the molecule is COc1ncccc1-c1cccc(-c2nc(NCc3ccncc3)c3ccncc3n2)c1. The molecule has 7 heteroatoms. The van der Waals surface area contributed by atoms with E-state index in [1.807, 2.05) is 54.6 Å². The normalized spacial score (nSPS) is 10.8. The van der Waals surface area contributed by atoms with E-state index in [2.05, 4.69) is 20.3 Å². The van der Waals surface area contributed by atoms with Crippen LogP contribution in [0.4, 0.5) is 5.82 Å². The van der Waals surface area contributed by atoms with Crippen molar-refractivity contribution in [3.8, 4) is 28.4 Å². The number of hydrogen-bond donors (Lipinski definition) is 1. The maximum Gasteiger partial charge on any atom is 0.221 e. The Kier molecular flexibility index (Phi) is 5.36. The standard InChI is InChI=1S/C25H20N6O/c1-32-25-20(6-3-10-28-25)18-4-2-5-19(14-18)23-30-22-16-27-13-9-21(22)24(31-23)29-15-17-7-11-26-12-8-17/h2-14,16H,15H2,1H3,(H,29,30,31). The molecule has 7 nitrogen and oxygen atoms in total. The molecule has 0 fully saturated rings. The van der Waals surface area contributed by atoms with Crippen LogP contribution in [0.2, 0.25) is 0 Å². The first-order valence-electron chi connectivity index (χ1n) is 10.2. The maximum atomic E-state index is 5.43. The molecule has 32 heavy (non-hydrogen) atoms. The molecule has 4 heterocycles. The van der Waals surface area contributed by atoms with Crippen molar-refractivity contribution in [3.63, 3.8) is 0 Å².